The third kappa shape index (κ3) is 10.0. The number of aromatic hydroxyl groups is 1. The van der Waals surface area contributed by atoms with E-state index >= 15 is 0 Å². The van der Waals surface area contributed by atoms with Gasteiger partial charge in [-0.25, -0.2) is 4.98 Å². The summed E-state index contributed by atoms with van der Waals surface area (Å²) in [5, 5.41) is 12.6. The van der Waals surface area contributed by atoms with E-state index in [9.17, 15) is 5.11 Å². The number of pyridine rings is 1. The summed E-state index contributed by atoms with van der Waals surface area (Å²) in [4.78, 5) is 10.4. The molecule has 0 saturated carbocycles. The molecule has 348 valence electrons. The number of fused-ring (bicyclic) bond motifs is 1. The molecule has 0 amide bonds. The number of phenols is 1. The normalized spacial score (nSPS) is 14.5. The zero-order chi connectivity index (χ0) is 54.6. The first-order chi connectivity index (χ1) is 34.1. The van der Waals surface area contributed by atoms with Crippen LogP contribution in [0.15, 0.2) is 127 Å². The summed E-state index contributed by atoms with van der Waals surface area (Å²) in [7, 11) is 0. The van der Waals surface area contributed by atoms with Gasteiger partial charge in [-0.15, -0.1) is 29.3 Å². The molecule has 8 aromatic rings. The van der Waals surface area contributed by atoms with Crippen molar-refractivity contribution in [1.29, 1.82) is 0 Å². The molecule has 0 unspecified atom stereocenters. The molecule has 0 radical (unpaired) electrons. The Morgan fingerprint density at radius 2 is 1.27 bits per heavy atom. The number of phenolic OH excluding ortho intramolecular Hbond substituents is 1. The summed E-state index contributed by atoms with van der Waals surface area (Å²) in [6.45, 7) is 26.7. The summed E-state index contributed by atoms with van der Waals surface area (Å²) in [6.07, 6.45) is 1.55. The van der Waals surface area contributed by atoms with Crippen LogP contribution in [0.25, 0.3) is 72.7 Å². The minimum atomic E-state index is -2.84. The second-order valence-corrected chi connectivity index (χ2v) is 22.0. The van der Waals surface area contributed by atoms with Gasteiger partial charge in [-0.2, -0.15) is 0 Å². The number of hydrogen-bond acceptors (Lipinski definition) is 3. The monoisotopic (exact) mass is 1070 g/mol. The Kier molecular flexibility index (Phi) is 10.7. The van der Waals surface area contributed by atoms with Crippen molar-refractivity contribution in [3.8, 4) is 67.5 Å². The van der Waals surface area contributed by atoms with Gasteiger partial charge in [-0.1, -0.05) is 192 Å². The van der Waals surface area contributed by atoms with E-state index in [1.165, 1.54) is 5.56 Å². The fraction of sp³-hybridized carbons (Fsp3) is 0.323. The summed E-state index contributed by atoms with van der Waals surface area (Å²) >= 11 is 0. The van der Waals surface area contributed by atoms with E-state index in [1.807, 2.05) is 38.1 Å². The molecule has 0 aliphatic heterocycles. The zero-order valence-electron chi connectivity index (χ0n) is 49.4. The van der Waals surface area contributed by atoms with Crippen molar-refractivity contribution in [3.63, 3.8) is 0 Å². The van der Waals surface area contributed by atoms with Crippen molar-refractivity contribution in [2.45, 2.75) is 131 Å². The molecule has 8 rings (SSSR count). The molecule has 2 aromatic heterocycles. The van der Waals surface area contributed by atoms with E-state index in [0.717, 1.165) is 55.7 Å². The molecule has 0 aliphatic carbocycles. The average molecular weight is 1070 g/mol. The van der Waals surface area contributed by atoms with Crippen molar-refractivity contribution >= 4 is 11.0 Å². The maximum Gasteiger partial charge on any atom is 0.148 e. The number of hydrogen-bond donors (Lipinski definition) is 1. The number of nitrogens with zero attached hydrogens (tertiary/aromatic N) is 3. The first-order valence-corrected chi connectivity index (χ1v) is 22.9. The van der Waals surface area contributed by atoms with Crippen molar-refractivity contribution < 1.29 is 37.1 Å². The zero-order valence-corrected chi connectivity index (χ0v) is 43.7. The van der Waals surface area contributed by atoms with Gasteiger partial charge in [0.2, 0.25) is 0 Å². The number of rotatable bonds is 7. The fourth-order valence-corrected chi connectivity index (χ4v) is 8.45. The maximum absolute atomic E-state index is 12.6. The standard InChI is InChI=1S/C62H68N3O.Pt/c1-38(2)42-25-28-54(50(34-42)41-23-26-46(27-24-41)59(4,5)6)65-55-18-16-17-49(56(55)64-58(65)51-36-48(61(10,11)12)37-52(57(51)66)62(13,14)15)44-31-45(33-47(32-44)60(7,8)9)53-35-43(29-30-63-53)40-21-19-39(3)20-22-40;/h16-30,32-38,66H,1-15H3;/q-1;/i3D3,19D,20D,21D,22D,38D;. The Hall–Kier alpha value is -5.57. The van der Waals surface area contributed by atoms with E-state index in [0.29, 0.717) is 33.7 Å². The van der Waals surface area contributed by atoms with E-state index in [-0.39, 0.29) is 48.6 Å². The number of benzene rings is 6. The Morgan fingerprint density at radius 1 is 0.627 bits per heavy atom. The number of aromatic nitrogens is 3. The quantitative estimate of drug-likeness (QED) is 0.162. The average Bonchev–Trinajstić information content (AvgIpc) is 3.68. The van der Waals surface area contributed by atoms with E-state index in [2.05, 4.69) is 154 Å². The molecule has 0 saturated heterocycles. The van der Waals surface area contributed by atoms with Crippen LogP contribution in [0, 0.1) is 12.9 Å². The van der Waals surface area contributed by atoms with Gasteiger partial charge in [0.25, 0.3) is 0 Å². The van der Waals surface area contributed by atoms with Crippen molar-refractivity contribution in [2.75, 3.05) is 0 Å². The van der Waals surface area contributed by atoms with Gasteiger partial charge in [0.1, 0.15) is 11.6 Å². The van der Waals surface area contributed by atoms with Crippen LogP contribution in [0.2, 0.25) is 0 Å². The molecule has 5 heteroatoms. The maximum atomic E-state index is 12.6. The third-order valence-electron chi connectivity index (χ3n) is 12.6. The van der Waals surface area contributed by atoms with Crippen LogP contribution in [0.1, 0.15) is 147 Å². The predicted molar refractivity (Wildman–Crippen MR) is 280 cm³/mol. The molecule has 0 atom stereocenters. The molecule has 0 aliphatic rings. The van der Waals surface area contributed by atoms with E-state index < -0.39 is 47.9 Å². The Labute approximate surface area is 426 Å². The van der Waals surface area contributed by atoms with E-state index in [1.54, 1.807) is 18.3 Å². The molecular weight excluding hydrogens is 998 g/mol. The van der Waals surface area contributed by atoms with Crippen LogP contribution in [0.4, 0.5) is 0 Å². The van der Waals surface area contributed by atoms with E-state index in [4.69, 9.17) is 20.9 Å². The fourth-order valence-electron chi connectivity index (χ4n) is 8.45. The molecule has 0 bridgehead atoms. The van der Waals surface area contributed by atoms with Crippen LogP contribution < -0.4 is 0 Å². The largest absolute Gasteiger partial charge is 0.507 e. The SMILES string of the molecule is [2H]c1c([2H])c(C([2H])([2H])[2H])c([2H])c([2H])c1-c1ccnc(-c2[c-]c(-c3cccc4c3nc(-c3cc(C(C)(C)C)cc(C(C)(C)C)c3O)n4-c3ccc(C([2H])(C)C)cc3-c3ccc(C(C)(C)C)cc3)cc(C(C)(C)C)c2)c1.[Pt]. The minimum absolute atomic E-state index is 0. The van der Waals surface area contributed by atoms with Gasteiger partial charge in [0, 0.05) is 49.6 Å². The second-order valence-electron chi connectivity index (χ2n) is 22.0. The van der Waals surface area contributed by atoms with Crippen LogP contribution in [-0.2, 0) is 42.7 Å². The van der Waals surface area contributed by atoms with Crippen LogP contribution in [0.5, 0.6) is 5.75 Å². The van der Waals surface area contributed by atoms with Crippen molar-refractivity contribution in [3.05, 3.63) is 167 Å². The molecule has 67 heavy (non-hydrogen) atoms. The molecule has 2 heterocycles. The molecule has 4 nitrogen and oxygen atoms in total. The van der Waals surface area contributed by atoms with Crippen LogP contribution >= 0.6 is 0 Å². The predicted octanol–water partition coefficient (Wildman–Crippen LogP) is 16.9. The van der Waals surface area contributed by atoms with Crippen LogP contribution in [0.3, 0.4) is 0 Å². The minimum Gasteiger partial charge on any atom is -0.507 e. The summed E-state index contributed by atoms with van der Waals surface area (Å²) in [5.74, 6) is -0.218. The Balaban J connectivity index is 0.00000820. The summed E-state index contributed by atoms with van der Waals surface area (Å²) in [6, 6.07) is 34.1. The summed E-state index contributed by atoms with van der Waals surface area (Å²) < 4.78 is 70.1. The van der Waals surface area contributed by atoms with Gasteiger partial charge in [0.15, 0.2) is 0 Å². The first kappa shape index (κ1) is 39.4. The molecule has 6 aromatic carbocycles. The van der Waals surface area contributed by atoms with Crippen molar-refractivity contribution in [1.82, 2.24) is 14.5 Å². The van der Waals surface area contributed by atoms with Crippen LogP contribution in [-0.4, -0.2) is 19.6 Å². The van der Waals surface area contributed by atoms with Gasteiger partial charge in [-0.3, -0.25) is 9.55 Å². The Morgan fingerprint density at radius 3 is 1.88 bits per heavy atom. The van der Waals surface area contributed by atoms with Gasteiger partial charge < -0.3 is 5.11 Å². The molecule has 0 fully saturated rings. The molecule has 0 spiro atoms. The van der Waals surface area contributed by atoms with Gasteiger partial charge >= 0.3 is 0 Å². The molecular formula is C62H68N3OPt-. The molecule has 1 N–H and O–H groups in total. The van der Waals surface area contributed by atoms with Gasteiger partial charge in [-0.05, 0) is 98.1 Å². The first-order valence-electron chi connectivity index (χ1n) is 26.9. The smallest absolute Gasteiger partial charge is 0.148 e. The topological polar surface area (TPSA) is 50.9 Å². The summed E-state index contributed by atoms with van der Waals surface area (Å²) in [5.41, 5.74) is 10.7. The third-order valence-corrected chi connectivity index (χ3v) is 12.6. The Bertz CT molecular complexity index is 3480. The number of imidazole rings is 1. The van der Waals surface area contributed by atoms with Gasteiger partial charge in [0.05, 0.1) is 27.8 Å². The second kappa shape index (κ2) is 18.2. The number of para-hydroxylation sites is 1. The van der Waals surface area contributed by atoms with Crippen molar-refractivity contribution in [2.24, 2.45) is 0 Å².